The maximum absolute atomic E-state index is 5.87. The topological polar surface area (TPSA) is 47.0 Å². The van der Waals surface area contributed by atoms with E-state index >= 15 is 0 Å². The molecule has 4 nitrogen and oxygen atoms in total. The summed E-state index contributed by atoms with van der Waals surface area (Å²) in [5, 5.41) is 3.19. The summed E-state index contributed by atoms with van der Waals surface area (Å²) < 4.78 is 6.90. The van der Waals surface area contributed by atoms with Crippen LogP contribution >= 0.6 is 15.9 Å². The molecule has 0 saturated heterocycles. The highest BCUT2D eigenvalue weighted by molar-refractivity contribution is 9.10. The van der Waals surface area contributed by atoms with Crippen molar-refractivity contribution in [2.24, 2.45) is 0 Å². The lowest BCUT2D eigenvalue weighted by Crippen LogP contribution is -2.04. The quantitative estimate of drug-likeness (QED) is 0.921. The summed E-state index contributed by atoms with van der Waals surface area (Å²) in [5.41, 5.74) is 1.96. The van der Waals surface area contributed by atoms with Gasteiger partial charge in [-0.05, 0) is 44.5 Å². The fourth-order valence-corrected chi connectivity index (χ4v) is 2.19. The van der Waals surface area contributed by atoms with Gasteiger partial charge >= 0.3 is 0 Å². The third-order valence-electron chi connectivity index (χ3n) is 2.73. The second-order valence-electron chi connectivity index (χ2n) is 4.19. The average Bonchev–Trinajstić information content (AvgIpc) is 2.37. The van der Waals surface area contributed by atoms with E-state index in [4.69, 9.17) is 4.74 Å². The first-order chi connectivity index (χ1) is 9.11. The highest BCUT2D eigenvalue weighted by Crippen LogP contribution is 2.29. The van der Waals surface area contributed by atoms with Crippen LogP contribution in [0, 0.1) is 13.8 Å². The van der Waals surface area contributed by atoms with Gasteiger partial charge in [0.1, 0.15) is 17.9 Å². The zero-order valence-electron chi connectivity index (χ0n) is 11.2. The van der Waals surface area contributed by atoms with Crippen molar-refractivity contribution in [2.75, 3.05) is 11.9 Å². The third-order valence-corrected chi connectivity index (χ3v) is 3.22. The molecular formula is C14H16BrN3O. The van der Waals surface area contributed by atoms with E-state index in [0.29, 0.717) is 5.88 Å². The number of hydrogen-bond donors (Lipinski definition) is 1. The van der Waals surface area contributed by atoms with Gasteiger partial charge < -0.3 is 10.1 Å². The Labute approximate surface area is 121 Å². The molecule has 0 aliphatic rings. The van der Waals surface area contributed by atoms with Crippen LogP contribution in [0.2, 0.25) is 0 Å². The highest BCUT2D eigenvalue weighted by Gasteiger charge is 2.10. The molecule has 0 atom stereocenters. The van der Waals surface area contributed by atoms with Crippen LogP contribution in [0.3, 0.4) is 0 Å². The fraction of sp³-hybridized carbons (Fsp3) is 0.286. The van der Waals surface area contributed by atoms with E-state index in [1.165, 1.54) is 6.33 Å². The molecule has 19 heavy (non-hydrogen) atoms. The Kier molecular flexibility index (Phi) is 4.37. The fourth-order valence-electron chi connectivity index (χ4n) is 1.71. The lowest BCUT2D eigenvalue weighted by atomic mass is 10.2. The van der Waals surface area contributed by atoms with Gasteiger partial charge in [-0.15, -0.1) is 0 Å². The van der Waals surface area contributed by atoms with Gasteiger partial charge in [0, 0.05) is 11.0 Å². The molecule has 0 aliphatic heterocycles. The molecule has 0 radical (unpaired) electrons. The molecular weight excluding hydrogens is 306 g/mol. The minimum atomic E-state index is 0.580. The van der Waals surface area contributed by atoms with Crippen LogP contribution in [-0.4, -0.2) is 16.5 Å². The number of hydrogen-bond acceptors (Lipinski definition) is 4. The largest absolute Gasteiger partial charge is 0.438 e. The van der Waals surface area contributed by atoms with E-state index in [2.05, 4.69) is 31.2 Å². The van der Waals surface area contributed by atoms with Crippen molar-refractivity contribution in [3.63, 3.8) is 0 Å². The smallest absolute Gasteiger partial charge is 0.227 e. The van der Waals surface area contributed by atoms with Crippen molar-refractivity contribution < 1.29 is 4.74 Å². The van der Waals surface area contributed by atoms with Crippen LogP contribution in [-0.2, 0) is 0 Å². The SMILES string of the molecule is CCNc1ncnc(Oc2ccc(Br)cc2C)c1C. The number of ether oxygens (including phenoxy) is 1. The number of halogens is 1. The van der Waals surface area contributed by atoms with Crippen LogP contribution < -0.4 is 10.1 Å². The van der Waals surface area contributed by atoms with Crippen molar-refractivity contribution in [1.29, 1.82) is 0 Å². The summed E-state index contributed by atoms with van der Waals surface area (Å²) in [4.78, 5) is 8.39. The summed E-state index contributed by atoms with van der Waals surface area (Å²) in [6.45, 7) is 6.79. The van der Waals surface area contributed by atoms with Crippen LogP contribution in [0.5, 0.6) is 11.6 Å². The second kappa shape index (κ2) is 6.02. The summed E-state index contributed by atoms with van der Waals surface area (Å²) in [6, 6.07) is 5.88. The number of rotatable bonds is 4. The van der Waals surface area contributed by atoms with Crippen LogP contribution in [0.1, 0.15) is 18.1 Å². The van der Waals surface area contributed by atoms with Gasteiger partial charge in [0.05, 0.1) is 5.56 Å². The third kappa shape index (κ3) is 3.23. The van der Waals surface area contributed by atoms with Gasteiger partial charge in [0.15, 0.2) is 0 Å². The Bertz CT molecular complexity index is 587. The Hall–Kier alpha value is -1.62. The molecule has 2 aromatic rings. The number of aryl methyl sites for hydroxylation is 1. The monoisotopic (exact) mass is 321 g/mol. The molecule has 0 saturated carbocycles. The van der Waals surface area contributed by atoms with Crippen molar-refractivity contribution in [3.8, 4) is 11.6 Å². The summed E-state index contributed by atoms with van der Waals surface area (Å²) in [5.74, 6) is 2.19. The Balaban J connectivity index is 2.30. The van der Waals surface area contributed by atoms with E-state index in [1.54, 1.807) is 0 Å². The van der Waals surface area contributed by atoms with Crippen LogP contribution in [0.15, 0.2) is 29.0 Å². The molecule has 1 heterocycles. The van der Waals surface area contributed by atoms with Gasteiger partial charge in [0.2, 0.25) is 5.88 Å². The zero-order chi connectivity index (χ0) is 13.8. The van der Waals surface area contributed by atoms with E-state index in [1.807, 2.05) is 39.0 Å². The molecule has 0 aliphatic carbocycles. The Morgan fingerprint density at radius 1 is 1.26 bits per heavy atom. The first kappa shape index (κ1) is 13.8. The molecule has 1 N–H and O–H groups in total. The van der Waals surface area contributed by atoms with Crippen molar-refractivity contribution in [2.45, 2.75) is 20.8 Å². The summed E-state index contributed by atoms with van der Waals surface area (Å²) >= 11 is 3.44. The lowest BCUT2D eigenvalue weighted by Gasteiger charge is -2.12. The van der Waals surface area contributed by atoms with Gasteiger partial charge in [-0.3, -0.25) is 0 Å². The van der Waals surface area contributed by atoms with Crippen LogP contribution in [0.25, 0.3) is 0 Å². The molecule has 5 heteroatoms. The molecule has 0 spiro atoms. The molecule has 0 amide bonds. The normalized spacial score (nSPS) is 10.3. The predicted octanol–water partition coefficient (Wildman–Crippen LogP) is 4.08. The minimum Gasteiger partial charge on any atom is -0.438 e. The maximum Gasteiger partial charge on any atom is 0.227 e. The molecule has 100 valence electrons. The van der Waals surface area contributed by atoms with E-state index < -0.39 is 0 Å². The van der Waals surface area contributed by atoms with Crippen molar-refractivity contribution in [1.82, 2.24) is 9.97 Å². The van der Waals surface area contributed by atoms with Gasteiger partial charge in [-0.25, -0.2) is 9.97 Å². The highest BCUT2D eigenvalue weighted by atomic mass is 79.9. The summed E-state index contributed by atoms with van der Waals surface area (Å²) in [7, 11) is 0. The van der Waals surface area contributed by atoms with Crippen LogP contribution in [0.4, 0.5) is 5.82 Å². The molecule has 0 fully saturated rings. The standard InChI is InChI=1S/C14H16BrN3O/c1-4-16-13-10(3)14(18-8-17-13)19-12-6-5-11(15)7-9(12)2/h5-8H,4H2,1-3H3,(H,16,17,18). The number of nitrogens with one attached hydrogen (secondary N) is 1. The molecule has 1 aromatic heterocycles. The first-order valence-electron chi connectivity index (χ1n) is 6.11. The van der Waals surface area contributed by atoms with Crippen molar-refractivity contribution >= 4 is 21.7 Å². The number of nitrogens with zero attached hydrogens (tertiary/aromatic N) is 2. The van der Waals surface area contributed by atoms with E-state index in [0.717, 1.165) is 33.7 Å². The van der Waals surface area contributed by atoms with Gasteiger partial charge in [-0.2, -0.15) is 0 Å². The van der Waals surface area contributed by atoms with Crippen molar-refractivity contribution in [3.05, 3.63) is 40.1 Å². The number of benzene rings is 1. The lowest BCUT2D eigenvalue weighted by molar-refractivity contribution is 0.454. The van der Waals surface area contributed by atoms with E-state index in [9.17, 15) is 0 Å². The predicted molar refractivity (Wildman–Crippen MR) is 79.9 cm³/mol. The molecule has 2 rings (SSSR count). The Morgan fingerprint density at radius 2 is 2.05 bits per heavy atom. The average molecular weight is 322 g/mol. The number of aromatic nitrogens is 2. The number of anilines is 1. The second-order valence-corrected chi connectivity index (χ2v) is 5.11. The van der Waals surface area contributed by atoms with Gasteiger partial charge in [-0.1, -0.05) is 15.9 Å². The molecule has 0 bridgehead atoms. The summed E-state index contributed by atoms with van der Waals surface area (Å²) in [6.07, 6.45) is 1.51. The molecule has 0 unspecified atom stereocenters. The van der Waals surface area contributed by atoms with Gasteiger partial charge in [0.25, 0.3) is 0 Å². The van der Waals surface area contributed by atoms with E-state index in [-0.39, 0.29) is 0 Å². The molecule has 1 aromatic carbocycles. The maximum atomic E-state index is 5.87. The Morgan fingerprint density at radius 3 is 2.74 bits per heavy atom. The zero-order valence-corrected chi connectivity index (χ0v) is 12.8. The first-order valence-corrected chi connectivity index (χ1v) is 6.90. The minimum absolute atomic E-state index is 0.580.